The smallest absolute Gasteiger partial charge is 0.211 e. The van der Waals surface area contributed by atoms with Crippen LogP contribution in [0.3, 0.4) is 0 Å². The van der Waals surface area contributed by atoms with Gasteiger partial charge in [0.15, 0.2) is 5.79 Å². The number of carbonyl (C=O) groups excluding carboxylic acids is 1. The average Bonchev–Trinajstić information content (AvgIpc) is 3.06. The summed E-state index contributed by atoms with van der Waals surface area (Å²) in [7, 11) is 0. The molecule has 2 aliphatic rings. The van der Waals surface area contributed by atoms with Crippen LogP contribution in [-0.2, 0) is 14.3 Å². The van der Waals surface area contributed by atoms with E-state index in [9.17, 15) is 14.9 Å². The highest BCUT2D eigenvalue weighted by molar-refractivity contribution is 5.85. The molecule has 1 saturated heterocycles. The van der Waals surface area contributed by atoms with Crippen molar-refractivity contribution in [3.05, 3.63) is 46.0 Å². The second-order valence-electron chi connectivity index (χ2n) is 5.49. The van der Waals surface area contributed by atoms with E-state index in [1.54, 1.807) is 0 Å². The zero-order valence-electron chi connectivity index (χ0n) is 11.6. The van der Waals surface area contributed by atoms with Crippen LogP contribution in [0.2, 0.25) is 0 Å². The lowest BCUT2D eigenvalue weighted by Crippen LogP contribution is -2.42. The van der Waals surface area contributed by atoms with Crippen LogP contribution in [0.25, 0.3) is 0 Å². The molecule has 3 rings (SSSR count). The summed E-state index contributed by atoms with van der Waals surface area (Å²) in [5.41, 5.74) is 0.785. The van der Waals surface area contributed by atoms with Gasteiger partial charge in [0.2, 0.25) is 6.54 Å². The van der Waals surface area contributed by atoms with Gasteiger partial charge in [0.1, 0.15) is 5.78 Å². The number of nitro groups is 1. The zero-order chi connectivity index (χ0) is 14.9. The summed E-state index contributed by atoms with van der Waals surface area (Å²) in [4.78, 5) is 23.0. The van der Waals surface area contributed by atoms with E-state index < -0.39 is 17.6 Å². The molecule has 1 aromatic rings. The first-order chi connectivity index (χ1) is 10.1. The minimum Gasteiger partial charge on any atom is -0.347 e. The fourth-order valence-electron chi connectivity index (χ4n) is 3.44. The third-order valence-corrected chi connectivity index (χ3v) is 4.29. The molecule has 1 aliphatic heterocycles. The number of hydrogen-bond acceptors (Lipinski definition) is 5. The molecule has 2 fully saturated rings. The maximum atomic E-state index is 12.3. The number of carbonyl (C=O) groups is 1. The standard InChI is InChI=1S/C15H17NO5/c17-13-6-7-15(20-8-9-21-15)14(13)12(10-16(18)19)11-4-2-1-3-5-11/h1-5,12,14H,6-10H2/t12-,14-/m0/s1. The largest absolute Gasteiger partial charge is 0.347 e. The highest BCUT2D eigenvalue weighted by Crippen LogP contribution is 2.47. The molecule has 6 heteroatoms. The summed E-state index contributed by atoms with van der Waals surface area (Å²) in [5, 5.41) is 11.1. The highest BCUT2D eigenvalue weighted by Gasteiger charge is 2.57. The molecule has 0 unspecified atom stereocenters. The van der Waals surface area contributed by atoms with Crippen molar-refractivity contribution in [3.8, 4) is 0 Å². The van der Waals surface area contributed by atoms with Gasteiger partial charge < -0.3 is 9.47 Å². The molecule has 2 atom stereocenters. The van der Waals surface area contributed by atoms with Crippen molar-refractivity contribution < 1.29 is 19.2 Å². The van der Waals surface area contributed by atoms with Gasteiger partial charge in [-0.15, -0.1) is 0 Å². The van der Waals surface area contributed by atoms with E-state index in [1.165, 1.54) is 0 Å². The van der Waals surface area contributed by atoms with Gasteiger partial charge in [0, 0.05) is 17.8 Å². The number of hydrogen-bond donors (Lipinski definition) is 0. The normalized spacial score (nSPS) is 25.3. The van der Waals surface area contributed by atoms with E-state index in [0.717, 1.165) is 5.56 Å². The number of ether oxygens (including phenoxy) is 2. The fraction of sp³-hybridized carbons (Fsp3) is 0.533. The molecule has 0 aromatic heterocycles. The molecule has 0 N–H and O–H groups in total. The molecule has 0 amide bonds. The van der Waals surface area contributed by atoms with Crippen LogP contribution in [0, 0.1) is 16.0 Å². The summed E-state index contributed by atoms with van der Waals surface area (Å²) < 4.78 is 11.4. The first-order valence-electron chi connectivity index (χ1n) is 7.10. The summed E-state index contributed by atoms with van der Waals surface area (Å²) in [6.07, 6.45) is 0.837. The molecule has 1 spiro atoms. The molecule has 21 heavy (non-hydrogen) atoms. The second-order valence-corrected chi connectivity index (χ2v) is 5.49. The van der Waals surface area contributed by atoms with Crippen molar-refractivity contribution in [2.45, 2.75) is 24.5 Å². The SMILES string of the molecule is O=C1CCC2(OCCO2)[C@H]1[C@@H](C[N+](=O)[O-])c1ccccc1. The summed E-state index contributed by atoms with van der Waals surface area (Å²) in [6, 6.07) is 9.14. The molecular formula is C15H17NO5. The molecule has 1 heterocycles. The predicted octanol–water partition coefficient (Wildman–Crippen LogP) is 1.77. The van der Waals surface area contributed by atoms with E-state index in [0.29, 0.717) is 26.1 Å². The van der Waals surface area contributed by atoms with Gasteiger partial charge in [0.05, 0.1) is 25.0 Å². The zero-order valence-corrected chi connectivity index (χ0v) is 11.6. The highest BCUT2D eigenvalue weighted by atomic mass is 16.7. The van der Waals surface area contributed by atoms with Crippen molar-refractivity contribution in [2.75, 3.05) is 19.8 Å². The number of rotatable bonds is 4. The van der Waals surface area contributed by atoms with Gasteiger partial charge in [0.25, 0.3) is 0 Å². The Bertz CT molecular complexity index is 538. The van der Waals surface area contributed by atoms with Crippen LogP contribution in [-0.4, -0.2) is 36.3 Å². The first-order valence-corrected chi connectivity index (χ1v) is 7.10. The molecule has 1 aliphatic carbocycles. The topological polar surface area (TPSA) is 78.7 Å². The van der Waals surface area contributed by atoms with Gasteiger partial charge in [-0.1, -0.05) is 30.3 Å². The Morgan fingerprint density at radius 2 is 1.95 bits per heavy atom. The molecular weight excluding hydrogens is 274 g/mol. The van der Waals surface area contributed by atoms with Crippen LogP contribution in [0.1, 0.15) is 24.3 Å². The van der Waals surface area contributed by atoms with E-state index in [1.807, 2.05) is 30.3 Å². The Kier molecular flexibility index (Phi) is 3.73. The Morgan fingerprint density at radius 3 is 2.57 bits per heavy atom. The molecule has 1 aromatic carbocycles. The van der Waals surface area contributed by atoms with Gasteiger partial charge in [-0.2, -0.15) is 0 Å². The van der Waals surface area contributed by atoms with E-state index >= 15 is 0 Å². The monoisotopic (exact) mass is 291 g/mol. The summed E-state index contributed by atoms with van der Waals surface area (Å²) in [6.45, 7) is 0.572. The van der Waals surface area contributed by atoms with Crippen LogP contribution >= 0.6 is 0 Å². The predicted molar refractivity (Wildman–Crippen MR) is 73.4 cm³/mol. The van der Waals surface area contributed by atoms with Gasteiger partial charge >= 0.3 is 0 Å². The Labute approximate surface area is 122 Å². The Hall–Kier alpha value is -1.79. The molecule has 112 valence electrons. The maximum Gasteiger partial charge on any atom is 0.211 e. The van der Waals surface area contributed by atoms with E-state index in [4.69, 9.17) is 9.47 Å². The summed E-state index contributed by atoms with van der Waals surface area (Å²) in [5.74, 6) is -2.09. The Balaban J connectivity index is 1.98. The molecule has 0 bridgehead atoms. The number of nitrogens with zero attached hydrogens (tertiary/aromatic N) is 1. The van der Waals surface area contributed by atoms with Crippen LogP contribution in [0.15, 0.2) is 30.3 Å². The lowest BCUT2D eigenvalue weighted by molar-refractivity contribution is -0.485. The van der Waals surface area contributed by atoms with Crippen LogP contribution < -0.4 is 0 Å². The van der Waals surface area contributed by atoms with E-state index in [-0.39, 0.29) is 17.3 Å². The molecule has 1 saturated carbocycles. The van der Waals surface area contributed by atoms with Crippen molar-refractivity contribution in [1.29, 1.82) is 0 Å². The lowest BCUT2D eigenvalue weighted by atomic mass is 9.81. The summed E-state index contributed by atoms with van der Waals surface area (Å²) >= 11 is 0. The van der Waals surface area contributed by atoms with Gasteiger partial charge in [-0.25, -0.2) is 0 Å². The van der Waals surface area contributed by atoms with Crippen molar-refractivity contribution in [2.24, 2.45) is 5.92 Å². The minimum atomic E-state index is -0.965. The van der Waals surface area contributed by atoms with Crippen LogP contribution in [0.5, 0.6) is 0 Å². The van der Waals surface area contributed by atoms with E-state index in [2.05, 4.69) is 0 Å². The maximum absolute atomic E-state index is 12.3. The number of ketones is 1. The third-order valence-electron chi connectivity index (χ3n) is 4.29. The number of Topliss-reactive ketones (excluding diaryl/α,β-unsaturated/α-hetero) is 1. The molecule has 0 radical (unpaired) electrons. The molecule has 6 nitrogen and oxygen atoms in total. The van der Waals surface area contributed by atoms with Crippen LogP contribution in [0.4, 0.5) is 0 Å². The number of benzene rings is 1. The van der Waals surface area contributed by atoms with Crippen molar-refractivity contribution in [1.82, 2.24) is 0 Å². The Morgan fingerprint density at radius 1 is 1.29 bits per heavy atom. The van der Waals surface area contributed by atoms with Gasteiger partial charge in [-0.3, -0.25) is 14.9 Å². The van der Waals surface area contributed by atoms with Crippen molar-refractivity contribution >= 4 is 5.78 Å². The van der Waals surface area contributed by atoms with Gasteiger partial charge in [-0.05, 0) is 5.56 Å². The lowest BCUT2D eigenvalue weighted by Gasteiger charge is -2.32. The minimum absolute atomic E-state index is 0.00685. The van der Waals surface area contributed by atoms with Crippen molar-refractivity contribution in [3.63, 3.8) is 0 Å². The fourth-order valence-corrected chi connectivity index (χ4v) is 3.44. The quantitative estimate of drug-likeness (QED) is 0.624. The second kappa shape index (κ2) is 5.54. The first kappa shape index (κ1) is 14.2. The third kappa shape index (κ3) is 2.56. The average molecular weight is 291 g/mol.